The molecule has 0 aliphatic carbocycles. The maximum absolute atomic E-state index is 13.9. The third-order valence-corrected chi connectivity index (χ3v) is 8.86. The number of anilines is 1. The second-order valence-corrected chi connectivity index (χ2v) is 13.2. The van der Waals surface area contributed by atoms with Gasteiger partial charge in [0.05, 0.1) is 24.1 Å². The highest BCUT2D eigenvalue weighted by molar-refractivity contribution is 7.92. The smallest absolute Gasteiger partial charge is 0.243 e. The van der Waals surface area contributed by atoms with Gasteiger partial charge in [-0.05, 0) is 61.2 Å². The van der Waals surface area contributed by atoms with Crippen molar-refractivity contribution in [1.82, 2.24) is 10.2 Å². The molecule has 11 heteroatoms. The zero-order valence-corrected chi connectivity index (χ0v) is 27.3. The maximum Gasteiger partial charge on any atom is 0.243 e. The number of halogens is 2. The second-order valence-electron chi connectivity index (χ2n) is 10.4. The molecule has 2 amide bonds. The Morgan fingerprint density at radius 3 is 2.23 bits per heavy atom. The number of carbonyl (C=O) groups excluding carboxylic acids is 2. The molecule has 2 atom stereocenters. The van der Waals surface area contributed by atoms with E-state index in [4.69, 9.17) is 27.9 Å². The van der Waals surface area contributed by atoms with Crippen molar-refractivity contribution in [2.45, 2.75) is 58.2 Å². The molecule has 0 saturated heterocycles. The number of benzene rings is 3. The Labute approximate surface area is 265 Å². The SMILES string of the molecule is CC[C@H](C)NC(=O)[C@H](Cc1ccccc1)N(Cc1ccc(Cl)cc1)C(=O)CCCN(c1ccc(OC)c(Cl)c1)S(C)(=O)=O. The number of amides is 2. The third kappa shape index (κ3) is 10.2. The van der Waals surface area contributed by atoms with Crippen LogP contribution in [0, 0.1) is 0 Å². The van der Waals surface area contributed by atoms with Crippen molar-refractivity contribution in [3.8, 4) is 5.75 Å². The first-order valence-electron chi connectivity index (χ1n) is 14.1. The summed E-state index contributed by atoms with van der Waals surface area (Å²) in [4.78, 5) is 29.2. The van der Waals surface area contributed by atoms with Gasteiger partial charge in [0.15, 0.2) is 0 Å². The maximum atomic E-state index is 13.9. The molecule has 43 heavy (non-hydrogen) atoms. The van der Waals surface area contributed by atoms with Crippen LogP contribution >= 0.6 is 23.2 Å². The Morgan fingerprint density at radius 2 is 1.65 bits per heavy atom. The lowest BCUT2D eigenvalue weighted by molar-refractivity contribution is -0.141. The van der Waals surface area contributed by atoms with Crippen LogP contribution in [0.25, 0.3) is 0 Å². The number of carbonyl (C=O) groups is 2. The zero-order chi connectivity index (χ0) is 31.6. The Morgan fingerprint density at radius 1 is 0.977 bits per heavy atom. The summed E-state index contributed by atoms with van der Waals surface area (Å²) in [6, 6.07) is 20.6. The zero-order valence-electron chi connectivity index (χ0n) is 24.9. The minimum atomic E-state index is -3.68. The van der Waals surface area contributed by atoms with Crippen LogP contribution in [0.3, 0.4) is 0 Å². The molecule has 232 valence electrons. The number of nitrogens with zero attached hydrogens (tertiary/aromatic N) is 2. The molecule has 0 bridgehead atoms. The monoisotopic (exact) mass is 647 g/mol. The van der Waals surface area contributed by atoms with E-state index in [0.717, 1.165) is 23.8 Å². The van der Waals surface area contributed by atoms with Crippen LogP contribution < -0.4 is 14.4 Å². The number of hydrogen-bond donors (Lipinski definition) is 1. The van der Waals surface area contributed by atoms with Gasteiger partial charge in [-0.1, -0.05) is 72.6 Å². The molecule has 0 aliphatic rings. The van der Waals surface area contributed by atoms with E-state index in [9.17, 15) is 18.0 Å². The van der Waals surface area contributed by atoms with Gasteiger partial charge in [0.2, 0.25) is 21.8 Å². The van der Waals surface area contributed by atoms with E-state index in [0.29, 0.717) is 22.9 Å². The summed E-state index contributed by atoms with van der Waals surface area (Å²) < 4.78 is 31.8. The van der Waals surface area contributed by atoms with Gasteiger partial charge in [-0.15, -0.1) is 0 Å². The molecule has 3 aromatic rings. The van der Waals surface area contributed by atoms with Gasteiger partial charge < -0.3 is 15.0 Å². The van der Waals surface area contributed by atoms with Gasteiger partial charge in [0.25, 0.3) is 0 Å². The van der Waals surface area contributed by atoms with Gasteiger partial charge >= 0.3 is 0 Å². The molecule has 0 spiro atoms. The number of hydrogen-bond acceptors (Lipinski definition) is 5. The number of ether oxygens (including phenoxy) is 1. The van der Waals surface area contributed by atoms with E-state index in [1.807, 2.05) is 56.3 Å². The minimum absolute atomic E-state index is 0.0192. The summed E-state index contributed by atoms with van der Waals surface area (Å²) in [5.74, 6) is -0.0884. The quantitative estimate of drug-likeness (QED) is 0.215. The summed E-state index contributed by atoms with van der Waals surface area (Å²) in [6.45, 7) is 4.14. The summed E-state index contributed by atoms with van der Waals surface area (Å²) >= 11 is 12.4. The largest absolute Gasteiger partial charge is 0.495 e. The highest BCUT2D eigenvalue weighted by Crippen LogP contribution is 2.30. The molecule has 8 nitrogen and oxygen atoms in total. The van der Waals surface area contributed by atoms with Crippen LogP contribution in [0.1, 0.15) is 44.2 Å². The molecule has 3 rings (SSSR count). The fraction of sp³-hybridized carbons (Fsp3) is 0.375. The number of sulfonamides is 1. The molecule has 0 heterocycles. The van der Waals surface area contributed by atoms with Crippen molar-refractivity contribution >= 4 is 50.7 Å². The standard InChI is InChI=1S/C32H39Cl2N3O5S/c1-5-23(2)35-32(39)29(20-24-10-7-6-8-11-24)36(22-25-13-15-26(33)16-14-25)31(38)12-9-19-37(43(4,40)41)27-17-18-30(42-3)28(34)21-27/h6-8,10-11,13-18,21,23,29H,5,9,12,19-20,22H2,1-4H3,(H,35,39)/t23-,29-/m0/s1. The average Bonchev–Trinajstić information content (AvgIpc) is 2.97. The summed E-state index contributed by atoms with van der Waals surface area (Å²) in [5, 5.41) is 3.89. The Kier molecular flexibility index (Phi) is 12.7. The fourth-order valence-electron chi connectivity index (χ4n) is 4.60. The van der Waals surface area contributed by atoms with Crippen LogP contribution in [0.2, 0.25) is 10.0 Å². The van der Waals surface area contributed by atoms with Crippen LogP contribution in [0.15, 0.2) is 72.8 Å². The van der Waals surface area contributed by atoms with Crippen LogP contribution in [-0.2, 0) is 32.6 Å². The summed E-state index contributed by atoms with van der Waals surface area (Å²) in [5.41, 5.74) is 2.10. The molecule has 0 aliphatic heterocycles. The lowest BCUT2D eigenvalue weighted by Crippen LogP contribution is -2.52. The van der Waals surface area contributed by atoms with Crippen molar-refractivity contribution in [3.63, 3.8) is 0 Å². The summed E-state index contributed by atoms with van der Waals surface area (Å²) in [7, 11) is -2.20. The molecule has 0 aromatic heterocycles. The highest BCUT2D eigenvalue weighted by atomic mass is 35.5. The van der Waals surface area contributed by atoms with Gasteiger partial charge in [0.1, 0.15) is 11.8 Å². The fourth-order valence-corrected chi connectivity index (χ4v) is 5.93. The Balaban J connectivity index is 1.89. The predicted octanol–water partition coefficient (Wildman–Crippen LogP) is 6.10. The molecular weight excluding hydrogens is 609 g/mol. The first-order valence-corrected chi connectivity index (χ1v) is 16.7. The molecule has 0 fully saturated rings. The van der Waals surface area contributed by atoms with E-state index >= 15 is 0 Å². The van der Waals surface area contributed by atoms with Gasteiger partial charge in [-0.3, -0.25) is 13.9 Å². The molecule has 0 saturated carbocycles. The van der Waals surface area contributed by atoms with E-state index in [1.54, 1.807) is 29.2 Å². The van der Waals surface area contributed by atoms with Crippen LogP contribution in [0.5, 0.6) is 5.75 Å². The number of nitrogens with one attached hydrogen (secondary N) is 1. The lowest BCUT2D eigenvalue weighted by atomic mass is 10.0. The van der Waals surface area contributed by atoms with Crippen molar-refractivity contribution in [2.75, 3.05) is 24.2 Å². The van der Waals surface area contributed by atoms with E-state index in [1.165, 1.54) is 17.5 Å². The number of methoxy groups -OCH3 is 1. The van der Waals surface area contributed by atoms with Gasteiger partial charge in [0, 0.05) is 37.0 Å². The Hall–Kier alpha value is -3.27. The number of rotatable bonds is 15. The minimum Gasteiger partial charge on any atom is -0.495 e. The van der Waals surface area contributed by atoms with Gasteiger partial charge in [-0.2, -0.15) is 0 Å². The Bertz CT molecular complexity index is 1470. The predicted molar refractivity (Wildman–Crippen MR) is 173 cm³/mol. The molecule has 3 aromatic carbocycles. The third-order valence-electron chi connectivity index (χ3n) is 7.11. The van der Waals surface area contributed by atoms with Crippen molar-refractivity contribution < 1.29 is 22.7 Å². The molecule has 1 N–H and O–H groups in total. The van der Waals surface area contributed by atoms with Crippen molar-refractivity contribution in [3.05, 3.63) is 94.0 Å². The average molecular weight is 649 g/mol. The van der Waals surface area contributed by atoms with E-state index in [2.05, 4.69) is 5.32 Å². The molecular formula is C32H39Cl2N3O5S. The first kappa shape index (κ1) is 34.2. The summed E-state index contributed by atoms with van der Waals surface area (Å²) in [6.07, 6.45) is 2.41. The molecule has 0 radical (unpaired) electrons. The molecule has 0 unspecified atom stereocenters. The van der Waals surface area contributed by atoms with E-state index in [-0.39, 0.29) is 48.8 Å². The van der Waals surface area contributed by atoms with Crippen molar-refractivity contribution in [1.29, 1.82) is 0 Å². The van der Waals surface area contributed by atoms with Gasteiger partial charge in [-0.25, -0.2) is 8.42 Å². The normalized spacial score (nSPS) is 12.7. The highest BCUT2D eigenvalue weighted by Gasteiger charge is 2.31. The van der Waals surface area contributed by atoms with E-state index < -0.39 is 16.1 Å². The first-order chi connectivity index (χ1) is 20.4. The topological polar surface area (TPSA) is 96.0 Å². The van der Waals surface area contributed by atoms with Crippen LogP contribution in [-0.4, -0.2) is 57.1 Å². The lowest BCUT2D eigenvalue weighted by Gasteiger charge is -2.32. The van der Waals surface area contributed by atoms with Crippen molar-refractivity contribution in [2.24, 2.45) is 0 Å². The van der Waals surface area contributed by atoms with Crippen LogP contribution in [0.4, 0.5) is 5.69 Å². The second kappa shape index (κ2) is 16.0.